The van der Waals surface area contributed by atoms with Crippen molar-refractivity contribution in [1.82, 2.24) is 14.8 Å². The van der Waals surface area contributed by atoms with Crippen LogP contribution in [0.1, 0.15) is 42.5 Å². The first-order valence-corrected chi connectivity index (χ1v) is 13.6. The number of rotatable bonds is 6. The summed E-state index contributed by atoms with van der Waals surface area (Å²) in [7, 11) is 2.00. The molecule has 0 bridgehead atoms. The summed E-state index contributed by atoms with van der Waals surface area (Å²) in [6, 6.07) is 8.67. The number of amides is 1. The van der Waals surface area contributed by atoms with Crippen LogP contribution in [0.5, 0.6) is 0 Å². The Morgan fingerprint density at radius 1 is 1.12 bits per heavy atom. The highest BCUT2D eigenvalue weighted by Gasteiger charge is 2.30. The molecule has 2 aromatic heterocycles. The molecule has 34 heavy (non-hydrogen) atoms. The Morgan fingerprint density at radius 2 is 1.94 bits per heavy atom. The van der Waals surface area contributed by atoms with E-state index in [1.54, 1.807) is 11.3 Å². The van der Waals surface area contributed by atoms with Crippen LogP contribution < -0.4 is 4.90 Å². The predicted molar refractivity (Wildman–Crippen MR) is 136 cm³/mol. The third-order valence-electron chi connectivity index (χ3n) is 7.26. The van der Waals surface area contributed by atoms with Crippen molar-refractivity contribution in [3.63, 3.8) is 0 Å². The summed E-state index contributed by atoms with van der Waals surface area (Å²) in [5.74, 6) is 0.813. The summed E-state index contributed by atoms with van der Waals surface area (Å²) in [6.07, 6.45) is 6.08. The summed E-state index contributed by atoms with van der Waals surface area (Å²) in [6.45, 7) is 6.52. The van der Waals surface area contributed by atoms with Gasteiger partial charge in [0.2, 0.25) is 0 Å². The lowest BCUT2D eigenvalue weighted by atomic mass is 9.99. The summed E-state index contributed by atoms with van der Waals surface area (Å²) in [4.78, 5) is 26.5. The van der Waals surface area contributed by atoms with Gasteiger partial charge in [-0.3, -0.25) is 4.79 Å². The zero-order chi connectivity index (χ0) is 23.3. The molecule has 7 nitrogen and oxygen atoms in total. The molecule has 3 saturated heterocycles. The third-order valence-corrected chi connectivity index (χ3v) is 8.15. The Balaban J connectivity index is 1.32. The van der Waals surface area contributed by atoms with E-state index in [1.165, 1.54) is 32.4 Å². The third kappa shape index (κ3) is 5.46. The van der Waals surface area contributed by atoms with Gasteiger partial charge in [0, 0.05) is 32.7 Å². The average molecular weight is 485 g/mol. The second-order valence-corrected chi connectivity index (χ2v) is 10.6. The normalized spacial score (nSPS) is 22.6. The molecule has 5 heterocycles. The summed E-state index contributed by atoms with van der Waals surface area (Å²) in [5, 5.41) is 2.05. The Bertz CT molecular complexity index is 934. The molecule has 0 aromatic carbocycles. The highest BCUT2D eigenvalue weighted by atomic mass is 32.1. The van der Waals surface area contributed by atoms with Crippen molar-refractivity contribution < 1.29 is 14.3 Å². The molecule has 184 valence electrons. The van der Waals surface area contributed by atoms with Crippen LogP contribution in [0.15, 0.2) is 29.6 Å². The minimum atomic E-state index is -0.0193. The molecule has 0 radical (unpaired) electrons. The van der Waals surface area contributed by atoms with Crippen LogP contribution >= 0.6 is 11.3 Å². The number of likely N-dealkylation sites (N-methyl/N-ethyl adjacent to an activating group) is 1. The van der Waals surface area contributed by atoms with E-state index < -0.39 is 0 Å². The molecule has 0 N–H and O–H groups in total. The number of pyridine rings is 1. The zero-order valence-electron chi connectivity index (χ0n) is 20.2. The second-order valence-electron chi connectivity index (χ2n) is 9.61. The van der Waals surface area contributed by atoms with Gasteiger partial charge in [-0.25, -0.2) is 4.98 Å². The maximum absolute atomic E-state index is 13.7. The number of anilines is 1. The topological polar surface area (TPSA) is 58.1 Å². The number of hydrogen-bond donors (Lipinski definition) is 0. The van der Waals surface area contributed by atoms with E-state index in [9.17, 15) is 4.79 Å². The number of nitrogens with zero attached hydrogens (tertiary/aromatic N) is 4. The predicted octanol–water partition coefficient (Wildman–Crippen LogP) is 3.75. The second kappa shape index (κ2) is 11.2. The largest absolute Gasteiger partial charge is 0.376 e. The van der Waals surface area contributed by atoms with Crippen LogP contribution in [0, 0.1) is 0 Å². The number of carbonyl (C=O) groups excluding carboxylic acids is 1. The molecule has 0 spiro atoms. The van der Waals surface area contributed by atoms with Crippen LogP contribution in [0.25, 0.3) is 10.6 Å². The lowest BCUT2D eigenvalue weighted by molar-refractivity contribution is -0.0837. The maximum Gasteiger partial charge on any atom is 0.257 e. The minimum absolute atomic E-state index is 0.0193. The highest BCUT2D eigenvalue weighted by Crippen LogP contribution is 2.29. The Kier molecular flexibility index (Phi) is 7.79. The summed E-state index contributed by atoms with van der Waals surface area (Å²) in [5.41, 5.74) is 1.58. The molecule has 3 aliphatic heterocycles. The van der Waals surface area contributed by atoms with E-state index in [2.05, 4.69) is 21.2 Å². The van der Waals surface area contributed by atoms with Crippen LogP contribution in [0.2, 0.25) is 0 Å². The van der Waals surface area contributed by atoms with Crippen molar-refractivity contribution in [2.24, 2.45) is 0 Å². The molecule has 1 atom stereocenters. The smallest absolute Gasteiger partial charge is 0.257 e. The Morgan fingerprint density at radius 3 is 2.65 bits per heavy atom. The molecule has 0 saturated carbocycles. The van der Waals surface area contributed by atoms with E-state index >= 15 is 0 Å². The van der Waals surface area contributed by atoms with Gasteiger partial charge in [0.1, 0.15) is 5.82 Å². The standard InChI is InChI=1S/C26H36N4O3S/c1-28(18-21-19-32-15-16-33-21)25-22(7-8-23(27-25)24-6-5-17-34-24)26(31)30-13-9-20(10-14-30)29-11-3-2-4-12-29/h5-8,17,20-21H,2-4,9-16,18-19H2,1H3. The van der Waals surface area contributed by atoms with Crippen molar-refractivity contribution in [2.45, 2.75) is 44.2 Å². The number of aromatic nitrogens is 1. The number of hydrogen-bond acceptors (Lipinski definition) is 7. The van der Waals surface area contributed by atoms with Gasteiger partial charge in [0.15, 0.2) is 0 Å². The molecular formula is C26H36N4O3S. The molecule has 0 aliphatic carbocycles. The van der Waals surface area contributed by atoms with Gasteiger partial charge in [-0.1, -0.05) is 12.5 Å². The van der Waals surface area contributed by atoms with Gasteiger partial charge in [-0.05, 0) is 62.4 Å². The highest BCUT2D eigenvalue weighted by molar-refractivity contribution is 7.13. The van der Waals surface area contributed by atoms with Crippen molar-refractivity contribution in [3.8, 4) is 10.6 Å². The van der Waals surface area contributed by atoms with E-state index in [4.69, 9.17) is 14.5 Å². The molecule has 3 fully saturated rings. The Hall–Kier alpha value is -2.00. The van der Waals surface area contributed by atoms with Crippen molar-refractivity contribution in [1.29, 1.82) is 0 Å². The summed E-state index contributed by atoms with van der Waals surface area (Å²) >= 11 is 1.66. The molecule has 1 amide bonds. The first-order valence-electron chi connectivity index (χ1n) is 12.7. The molecule has 3 aliphatic rings. The van der Waals surface area contributed by atoms with Crippen LogP contribution in [-0.2, 0) is 9.47 Å². The maximum atomic E-state index is 13.7. The van der Waals surface area contributed by atoms with Gasteiger partial charge in [0.25, 0.3) is 5.91 Å². The van der Waals surface area contributed by atoms with Gasteiger partial charge in [-0.15, -0.1) is 11.3 Å². The fourth-order valence-corrected chi connectivity index (χ4v) is 6.09. The van der Waals surface area contributed by atoms with Gasteiger partial charge in [-0.2, -0.15) is 0 Å². The molecule has 5 rings (SSSR count). The van der Waals surface area contributed by atoms with E-state index in [0.29, 0.717) is 38.0 Å². The van der Waals surface area contributed by atoms with Gasteiger partial charge < -0.3 is 24.2 Å². The number of carbonyl (C=O) groups is 1. The number of thiophene rings is 1. The van der Waals surface area contributed by atoms with Crippen LogP contribution in [0.3, 0.4) is 0 Å². The quantitative estimate of drug-likeness (QED) is 0.623. The Labute approximate surface area is 206 Å². The minimum Gasteiger partial charge on any atom is -0.376 e. The van der Waals surface area contributed by atoms with Crippen molar-refractivity contribution in [3.05, 3.63) is 35.2 Å². The van der Waals surface area contributed by atoms with Gasteiger partial charge >= 0.3 is 0 Å². The van der Waals surface area contributed by atoms with Gasteiger partial charge in [0.05, 0.1) is 42.1 Å². The molecule has 1 unspecified atom stereocenters. The fourth-order valence-electron chi connectivity index (χ4n) is 5.39. The lowest BCUT2D eigenvalue weighted by Crippen LogP contribution is -2.48. The van der Waals surface area contributed by atoms with Crippen LogP contribution in [0.4, 0.5) is 5.82 Å². The number of ether oxygens (including phenoxy) is 2. The van der Waals surface area contributed by atoms with Crippen LogP contribution in [-0.4, -0.2) is 92.4 Å². The van der Waals surface area contributed by atoms with E-state index in [0.717, 1.165) is 42.3 Å². The average Bonchev–Trinajstić information content (AvgIpc) is 3.44. The lowest BCUT2D eigenvalue weighted by Gasteiger charge is -2.40. The first kappa shape index (κ1) is 23.7. The summed E-state index contributed by atoms with van der Waals surface area (Å²) < 4.78 is 11.5. The van der Waals surface area contributed by atoms with Crippen molar-refractivity contribution in [2.75, 3.05) is 64.5 Å². The fraction of sp³-hybridized carbons (Fsp3) is 0.615. The van der Waals surface area contributed by atoms with E-state index in [-0.39, 0.29) is 12.0 Å². The number of piperidine rings is 2. The molecule has 2 aromatic rings. The zero-order valence-corrected chi connectivity index (χ0v) is 21.0. The number of likely N-dealkylation sites (tertiary alicyclic amines) is 2. The van der Waals surface area contributed by atoms with Crippen molar-refractivity contribution >= 4 is 23.1 Å². The molecular weight excluding hydrogens is 448 g/mol. The molecule has 8 heteroatoms. The van der Waals surface area contributed by atoms with E-state index in [1.807, 2.05) is 30.1 Å². The first-order chi connectivity index (χ1) is 16.7. The monoisotopic (exact) mass is 484 g/mol. The SMILES string of the molecule is CN(CC1COCCO1)c1nc(-c2cccs2)ccc1C(=O)N1CCC(N2CCCCC2)CC1.